The van der Waals surface area contributed by atoms with E-state index < -0.39 is 5.41 Å². The van der Waals surface area contributed by atoms with Crippen LogP contribution in [0.1, 0.15) is 50.2 Å². The van der Waals surface area contributed by atoms with E-state index in [1.807, 2.05) is 13.0 Å². The van der Waals surface area contributed by atoms with Gasteiger partial charge in [0.2, 0.25) is 5.91 Å². The van der Waals surface area contributed by atoms with Crippen LogP contribution >= 0.6 is 11.6 Å². The van der Waals surface area contributed by atoms with Gasteiger partial charge in [-0.3, -0.25) is 4.79 Å². The van der Waals surface area contributed by atoms with Crippen molar-refractivity contribution in [1.29, 1.82) is 5.26 Å². The highest BCUT2D eigenvalue weighted by atomic mass is 35.5. The summed E-state index contributed by atoms with van der Waals surface area (Å²) in [7, 11) is 0. The first-order valence-corrected chi connectivity index (χ1v) is 10.1. The summed E-state index contributed by atoms with van der Waals surface area (Å²) >= 11 is 6.10. The Hall–Kier alpha value is -2.82. The van der Waals surface area contributed by atoms with E-state index in [9.17, 15) is 9.18 Å². The molecular weight excluding hydrogens is 387 g/mol. The summed E-state index contributed by atoms with van der Waals surface area (Å²) < 4.78 is 13.2. The molecule has 0 aromatic heterocycles. The van der Waals surface area contributed by atoms with Crippen LogP contribution in [0.4, 0.5) is 10.1 Å². The van der Waals surface area contributed by atoms with Crippen LogP contribution in [0.5, 0.6) is 0 Å². The molecule has 1 unspecified atom stereocenters. The van der Waals surface area contributed by atoms with Gasteiger partial charge in [-0.05, 0) is 68.1 Å². The maximum Gasteiger partial charge on any atom is 0.242 e. The fraction of sp³-hybridized carbons (Fsp3) is 0.333. The second-order valence-electron chi connectivity index (χ2n) is 7.55. The van der Waals surface area contributed by atoms with E-state index >= 15 is 0 Å². The smallest absolute Gasteiger partial charge is 0.242 e. The molecule has 1 fully saturated rings. The second kappa shape index (κ2) is 9.12. The van der Waals surface area contributed by atoms with Crippen molar-refractivity contribution in [3.63, 3.8) is 0 Å². The average molecular weight is 409 g/mol. The summed E-state index contributed by atoms with van der Waals surface area (Å²) in [6.45, 7) is 1.88. The molecule has 2 aromatic rings. The fourth-order valence-electron chi connectivity index (χ4n) is 3.70. The maximum absolute atomic E-state index is 13.3. The van der Waals surface area contributed by atoms with Crippen molar-refractivity contribution in [1.82, 2.24) is 0 Å². The summed E-state index contributed by atoms with van der Waals surface area (Å²) in [6.07, 6.45) is 5.21. The molecule has 3 nitrogen and oxygen atoms in total. The van der Waals surface area contributed by atoms with Crippen molar-refractivity contribution in [2.45, 2.75) is 39.0 Å². The van der Waals surface area contributed by atoms with E-state index in [0.29, 0.717) is 21.8 Å². The standard InChI is InChI=1S/C24H22ClFN2O/c1-24(19-5-3-2-4-6-19,14-13-17-7-10-20(26)11-8-17)23(29)28-21-12-9-18(16-27)22(25)15-21/h7-12,15,19H,2-6H2,1H3,(H,28,29). The molecule has 0 aliphatic heterocycles. The number of nitriles is 1. The Bertz CT molecular complexity index is 994. The number of amides is 1. The topological polar surface area (TPSA) is 52.9 Å². The molecule has 29 heavy (non-hydrogen) atoms. The SMILES string of the molecule is CC(C#Cc1ccc(F)cc1)(C(=O)Nc1ccc(C#N)c(Cl)c1)C1CCCCC1. The van der Waals surface area contributed by atoms with Crippen molar-refractivity contribution >= 4 is 23.2 Å². The molecule has 0 saturated heterocycles. The Balaban J connectivity index is 1.90. The highest BCUT2D eigenvalue weighted by molar-refractivity contribution is 6.32. The number of hydrogen-bond acceptors (Lipinski definition) is 2. The van der Waals surface area contributed by atoms with Gasteiger partial charge in [-0.2, -0.15) is 5.26 Å². The van der Waals surface area contributed by atoms with Gasteiger partial charge in [0, 0.05) is 11.3 Å². The molecule has 0 bridgehead atoms. The summed E-state index contributed by atoms with van der Waals surface area (Å²) in [5.41, 5.74) is 0.665. The number of carbonyl (C=O) groups is 1. The number of rotatable bonds is 3. The molecule has 1 N–H and O–H groups in total. The Labute approximate surface area is 175 Å². The molecule has 1 amide bonds. The lowest BCUT2D eigenvalue weighted by molar-refractivity contribution is -0.124. The quantitative estimate of drug-likeness (QED) is 0.640. The van der Waals surface area contributed by atoms with Crippen LogP contribution in [0.3, 0.4) is 0 Å². The van der Waals surface area contributed by atoms with E-state index in [1.165, 1.54) is 18.6 Å². The van der Waals surface area contributed by atoms with Crippen molar-refractivity contribution in [3.8, 4) is 17.9 Å². The fourth-order valence-corrected chi connectivity index (χ4v) is 3.93. The van der Waals surface area contributed by atoms with Crippen LogP contribution in [-0.2, 0) is 4.79 Å². The minimum Gasteiger partial charge on any atom is -0.325 e. The normalized spacial score (nSPS) is 16.1. The van der Waals surface area contributed by atoms with Crippen LogP contribution in [-0.4, -0.2) is 5.91 Å². The van der Waals surface area contributed by atoms with Crippen molar-refractivity contribution in [2.24, 2.45) is 11.3 Å². The minimum absolute atomic E-state index is 0.137. The highest BCUT2D eigenvalue weighted by Crippen LogP contribution is 2.39. The van der Waals surface area contributed by atoms with Crippen molar-refractivity contribution in [2.75, 3.05) is 5.32 Å². The van der Waals surface area contributed by atoms with Gasteiger partial charge in [0.05, 0.1) is 10.6 Å². The number of hydrogen-bond donors (Lipinski definition) is 1. The zero-order chi connectivity index (χ0) is 20.9. The number of halogens is 2. The Morgan fingerprint density at radius 1 is 1.17 bits per heavy atom. The van der Waals surface area contributed by atoms with Gasteiger partial charge in [-0.25, -0.2) is 4.39 Å². The lowest BCUT2D eigenvalue weighted by Crippen LogP contribution is -2.40. The Kier molecular flexibility index (Phi) is 6.57. The third-order valence-corrected chi connectivity index (χ3v) is 5.86. The number of nitrogens with one attached hydrogen (secondary N) is 1. The zero-order valence-corrected chi connectivity index (χ0v) is 17.0. The first-order chi connectivity index (χ1) is 13.9. The van der Waals surface area contributed by atoms with Crippen LogP contribution < -0.4 is 5.32 Å². The number of benzene rings is 2. The highest BCUT2D eigenvalue weighted by Gasteiger charge is 2.40. The van der Waals surface area contributed by atoms with E-state index in [-0.39, 0.29) is 17.6 Å². The number of nitrogens with zero attached hydrogens (tertiary/aromatic N) is 1. The Morgan fingerprint density at radius 2 is 1.86 bits per heavy atom. The van der Waals surface area contributed by atoms with Crippen LogP contribution in [0.25, 0.3) is 0 Å². The van der Waals surface area contributed by atoms with Gasteiger partial charge in [0.25, 0.3) is 0 Å². The molecule has 1 atom stereocenters. The summed E-state index contributed by atoms with van der Waals surface area (Å²) in [4.78, 5) is 13.3. The maximum atomic E-state index is 13.3. The van der Waals surface area contributed by atoms with Gasteiger partial charge in [0.1, 0.15) is 17.3 Å². The number of carbonyl (C=O) groups excluding carboxylic acids is 1. The number of anilines is 1. The van der Waals surface area contributed by atoms with Gasteiger partial charge in [-0.15, -0.1) is 0 Å². The molecule has 1 saturated carbocycles. The largest absolute Gasteiger partial charge is 0.325 e. The molecule has 1 aliphatic carbocycles. The van der Waals surface area contributed by atoms with E-state index in [0.717, 1.165) is 25.7 Å². The third-order valence-electron chi connectivity index (χ3n) is 5.55. The molecule has 2 aromatic carbocycles. The van der Waals surface area contributed by atoms with Gasteiger partial charge in [0.15, 0.2) is 0 Å². The predicted molar refractivity (Wildman–Crippen MR) is 113 cm³/mol. The lowest BCUT2D eigenvalue weighted by Gasteiger charge is -2.34. The lowest BCUT2D eigenvalue weighted by atomic mass is 9.69. The summed E-state index contributed by atoms with van der Waals surface area (Å²) in [6, 6.07) is 12.8. The molecule has 5 heteroatoms. The van der Waals surface area contributed by atoms with Gasteiger partial charge in [-0.1, -0.05) is 42.7 Å². The van der Waals surface area contributed by atoms with E-state index in [2.05, 4.69) is 17.2 Å². The summed E-state index contributed by atoms with van der Waals surface area (Å²) in [5, 5.41) is 12.2. The van der Waals surface area contributed by atoms with Crippen LogP contribution in [0.15, 0.2) is 42.5 Å². The van der Waals surface area contributed by atoms with E-state index in [4.69, 9.17) is 16.9 Å². The first kappa shape index (κ1) is 20.9. The molecule has 0 radical (unpaired) electrons. The molecular formula is C24H22ClFN2O. The van der Waals surface area contributed by atoms with Gasteiger partial charge < -0.3 is 5.32 Å². The average Bonchev–Trinajstić information content (AvgIpc) is 2.74. The van der Waals surface area contributed by atoms with E-state index in [1.54, 1.807) is 30.3 Å². The predicted octanol–water partition coefficient (Wildman–Crippen LogP) is 5.93. The Morgan fingerprint density at radius 3 is 2.48 bits per heavy atom. The third kappa shape index (κ3) is 4.97. The molecule has 3 rings (SSSR count). The van der Waals surface area contributed by atoms with Crippen LogP contribution in [0.2, 0.25) is 5.02 Å². The van der Waals surface area contributed by atoms with Gasteiger partial charge >= 0.3 is 0 Å². The monoisotopic (exact) mass is 408 g/mol. The second-order valence-corrected chi connectivity index (χ2v) is 7.96. The molecule has 0 heterocycles. The van der Waals surface area contributed by atoms with Crippen molar-refractivity contribution in [3.05, 3.63) is 64.4 Å². The minimum atomic E-state index is -0.894. The van der Waals surface area contributed by atoms with Crippen LogP contribution in [0, 0.1) is 40.3 Å². The molecule has 1 aliphatic rings. The zero-order valence-electron chi connectivity index (χ0n) is 16.3. The summed E-state index contributed by atoms with van der Waals surface area (Å²) in [5.74, 6) is 5.87. The first-order valence-electron chi connectivity index (χ1n) is 9.72. The van der Waals surface area contributed by atoms with Crippen molar-refractivity contribution < 1.29 is 9.18 Å². The molecule has 148 valence electrons. The molecule has 0 spiro atoms.